The molecule has 0 aliphatic heterocycles. The molecule has 1 unspecified atom stereocenters. The van der Waals surface area contributed by atoms with Crippen molar-refractivity contribution in [3.63, 3.8) is 0 Å². The molecule has 5 heteroatoms. The Hall–Kier alpha value is -2.56. The van der Waals surface area contributed by atoms with Gasteiger partial charge in [-0.1, -0.05) is 18.2 Å². The molecule has 0 aliphatic rings. The van der Waals surface area contributed by atoms with E-state index >= 15 is 0 Å². The summed E-state index contributed by atoms with van der Waals surface area (Å²) in [6, 6.07) is 11.1. The minimum atomic E-state index is -0.479. The van der Waals surface area contributed by atoms with Gasteiger partial charge in [-0.05, 0) is 31.2 Å². The van der Waals surface area contributed by atoms with E-state index in [2.05, 4.69) is 0 Å². The van der Waals surface area contributed by atoms with Crippen molar-refractivity contribution in [2.45, 2.75) is 13.0 Å². The van der Waals surface area contributed by atoms with Gasteiger partial charge < -0.3 is 14.4 Å². The molecule has 4 nitrogen and oxygen atoms in total. The van der Waals surface area contributed by atoms with Crippen LogP contribution in [-0.2, 0) is 0 Å². The van der Waals surface area contributed by atoms with Crippen LogP contribution in [0.5, 0.6) is 11.5 Å². The van der Waals surface area contributed by atoms with Gasteiger partial charge >= 0.3 is 0 Å². The van der Waals surface area contributed by atoms with Crippen LogP contribution >= 0.6 is 0 Å². The van der Waals surface area contributed by atoms with Crippen molar-refractivity contribution in [2.75, 3.05) is 21.3 Å². The fourth-order valence-electron chi connectivity index (χ4n) is 2.43. The summed E-state index contributed by atoms with van der Waals surface area (Å²) in [5.74, 6) is 0.244. The molecule has 2 rings (SSSR count). The molecule has 0 aliphatic carbocycles. The number of carbonyl (C=O) groups is 1. The molecule has 2 aromatic rings. The maximum Gasteiger partial charge on any atom is 0.257 e. The number of halogens is 1. The van der Waals surface area contributed by atoms with Crippen LogP contribution in [0.2, 0.25) is 0 Å². The number of rotatable bonds is 5. The quantitative estimate of drug-likeness (QED) is 0.844. The minimum Gasteiger partial charge on any atom is -0.496 e. The number of para-hydroxylation sites is 1. The molecule has 0 radical (unpaired) electrons. The Balaban J connectivity index is 2.34. The van der Waals surface area contributed by atoms with Crippen molar-refractivity contribution in [3.8, 4) is 11.5 Å². The Kier molecular flexibility index (Phi) is 5.21. The number of hydrogen-bond acceptors (Lipinski definition) is 3. The van der Waals surface area contributed by atoms with E-state index in [0.29, 0.717) is 11.5 Å². The van der Waals surface area contributed by atoms with Crippen LogP contribution in [0.1, 0.15) is 28.9 Å². The summed E-state index contributed by atoms with van der Waals surface area (Å²) in [6.45, 7) is 1.89. The Bertz CT molecular complexity index is 702. The van der Waals surface area contributed by atoms with Crippen molar-refractivity contribution in [3.05, 3.63) is 59.4 Å². The van der Waals surface area contributed by atoms with Crippen LogP contribution in [0, 0.1) is 5.82 Å². The lowest BCUT2D eigenvalue weighted by Crippen LogP contribution is -2.30. The molecule has 23 heavy (non-hydrogen) atoms. The molecular weight excluding hydrogens is 297 g/mol. The van der Waals surface area contributed by atoms with Gasteiger partial charge in [0.1, 0.15) is 17.3 Å². The van der Waals surface area contributed by atoms with Crippen molar-refractivity contribution in [1.82, 2.24) is 4.90 Å². The molecule has 0 spiro atoms. The van der Waals surface area contributed by atoms with Crippen molar-refractivity contribution in [1.29, 1.82) is 0 Å². The summed E-state index contributed by atoms with van der Waals surface area (Å²) in [4.78, 5) is 14.3. The first-order valence-electron chi connectivity index (χ1n) is 7.23. The van der Waals surface area contributed by atoms with Crippen LogP contribution < -0.4 is 9.47 Å². The lowest BCUT2D eigenvalue weighted by molar-refractivity contribution is 0.0737. The highest BCUT2D eigenvalue weighted by Crippen LogP contribution is 2.30. The number of methoxy groups -OCH3 is 2. The van der Waals surface area contributed by atoms with Gasteiger partial charge in [-0.2, -0.15) is 0 Å². The number of nitrogens with zero attached hydrogens (tertiary/aromatic N) is 1. The second-order valence-electron chi connectivity index (χ2n) is 5.18. The number of hydrogen-bond donors (Lipinski definition) is 0. The highest BCUT2D eigenvalue weighted by Gasteiger charge is 2.24. The molecule has 0 fully saturated rings. The fraction of sp³-hybridized carbons (Fsp3) is 0.278. The van der Waals surface area contributed by atoms with Crippen molar-refractivity contribution in [2.24, 2.45) is 0 Å². The Labute approximate surface area is 135 Å². The summed E-state index contributed by atoms with van der Waals surface area (Å²) < 4.78 is 24.0. The molecule has 2 aromatic carbocycles. The predicted octanol–water partition coefficient (Wildman–Crippen LogP) is 3.68. The molecule has 122 valence electrons. The van der Waals surface area contributed by atoms with Gasteiger partial charge in [-0.15, -0.1) is 0 Å². The highest BCUT2D eigenvalue weighted by molar-refractivity contribution is 5.97. The number of amides is 1. The topological polar surface area (TPSA) is 38.8 Å². The molecule has 0 bridgehead atoms. The first-order chi connectivity index (χ1) is 11.0. The third-order valence-corrected chi connectivity index (χ3v) is 3.88. The maximum absolute atomic E-state index is 13.5. The van der Waals surface area contributed by atoms with Crippen LogP contribution in [0.25, 0.3) is 0 Å². The maximum atomic E-state index is 13.5. The van der Waals surface area contributed by atoms with Gasteiger partial charge in [0, 0.05) is 12.6 Å². The predicted molar refractivity (Wildman–Crippen MR) is 86.5 cm³/mol. The number of carbonyl (C=O) groups excluding carboxylic acids is 1. The average Bonchev–Trinajstić information content (AvgIpc) is 2.59. The molecule has 0 saturated heterocycles. The van der Waals surface area contributed by atoms with Crippen LogP contribution in [0.4, 0.5) is 4.39 Å². The van der Waals surface area contributed by atoms with E-state index in [-0.39, 0.29) is 17.5 Å². The average molecular weight is 317 g/mol. The zero-order valence-electron chi connectivity index (χ0n) is 13.7. The number of ether oxygens (including phenoxy) is 2. The second kappa shape index (κ2) is 7.13. The third-order valence-electron chi connectivity index (χ3n) is 3.88. The zero-order valence-corrected chi connectivity index (χ0v) is 13.7. The van der Waals surface area contributed by atoms with Crippen LogP contribution in [0.15, 0.2) is 42.5 Å². The van der Waals surface area contributed by atoms with Crippen molar-refractivity contribution >= 4 is 5.91 Å². The van der Waals surface area contributed by atoms with Gasteiger partial charge in [-0.3, -0.25) is 4.79 Å². The van der Waals surface area contributed by atoms with E-state index < -0.39 is 5.82 Å². The van der Waals surface area contributed by atoms with Gasteiger partial charge in [0.25, 0.3) is 5.91 Å². The highest BCUT2D eigenvalue weighted by atomic mass is 19.1. The second-order valence-corrected chi connectivity index (χ2v) is 5.18. The summed E-state index contributed by atoms with van der Waals surface area (Å²) in [7, 11) is 4.71. The molecule has 0 N–H and O–H groups in total. The van der Waals surface area contributed by atoms with Crippen LogP contribution in [0.3, 0.4) is 0 Å². The first kappa shape index (κ1) is 16.8. The van der Waals surface area contributed by atoms with Gasteiger partial charge in [0.15, 0.2) is 0 Å². The lowest BCUT2D eigenvalue weighted by Gasteiger charge is -2.27. The van der Waals surface area contributed by atoms with E-state index in [4.69, 9.17) is 9.47 Å². The third kappa shape index (κ3) is 3.44. The fourth-order valence-corrected chi connectivity index (χ4v) is 2.43. The summed E-state index contributed by atoms with van der Waals surface area (Å²) in [5, 5.41) is 0. The van der Waals surface area contributed by atoms with E-state index in [1.807, 2.05) is 31.2 Å². The van der Waals surface area contributed by atoms with E-state index in [0.717, 1.165) is 5.56 Å². The molecule has 0 aromatic heterocycles. The van der Waals surface area contributed by atoms with Crippen LogP contribution in [-0.4, -0.2) is 32.1 Å². The summed E-state index contributed by atoms with van der Waals surface area (Å²) in [5.41, 5.74) is 1.07. The largest absolute Gasteiger partial charge is 0.496 e. The van der Waals surface area contributed by atoms with E-state index in [1.54, 1.807) is 14.2 Å². The minimum absolute atomic E-state index is 0.191. The molecule has 0 saturated carbocycles. The van der Waals surface area contributed by atoms with E-state index in [9.17, 15) is 9.18 Å². The van der Waals surface area contributed by atoms with Gasteiger partial charge in [0.05, 0.1) is 25.8 Å². The first-order valence-corrected chi connectivity index (χ1v) is 7.23. The Morgan fingerprint density at radius 2 is 1.74 bits per heavy atom. The zero-order chi connectivity index (χ0) is 17.0. The summed E-state index contributed by atoms with van der Waals surface area (Å²) in [6.07, 6.45) is 0. The van der Waals surface area contributed by atoms with Gasteiger partial charge in [0.2, 0.25) is 0 Å². The SMILES string of the molecule is COc1ccc(F)cc1C(=O)N(C)C(C)c1ccccc1OC. The molecule has 1 amide bonds. The standard InChI is InChI=1S/C18H20FNO3/c1-12(14-7-5-6-8-16(14)22-3)20(2)18(21)15-11-13(19)9-10-17(15)23-4/h5-12H,1-4H3. The smallest absolute Gasteiger partial charge is 0.257 e. The molecule has 1 atom stereocenters. The monoisotopic (exact) mass is 317 g/mol. The Morgan fingerprint density at radius 3 is 2.39 bits per heavy atom. The van der Waals surface area contributed by atoms with Gasteiger partial charge in [-0.25, -0.2) is 4.39 Å². The lowest BCUT2D eigenvalue weighted by atomic mass is 10.0. The molecular formula is C18H20FNO3. The molecule has 0 heterocycles. The Morgan fingerprint density at radius 1 is 1.09 bits per heavy atom. The summed E-state index contributed by atoms with van der Waals surface area (Å²) >= 11 is 0. The normalized spacial score (nSPS) is 11.7. The van der Waals surface area contributed by atoms with Crippen molar-refractivity contribution < 1.29 is 18.7 Å². The number of benzene rings is 2. The van der Waals surface area contributed by atoms with E-state index in [1.165, 1.54) is 30.2 Å².